The Morgan fingerprint density at radius 1 is 0.325 bits per heavy atom. The van der Waals surface area contributed by atoms with Crippen LogP contribution in [0, 0.1) is 13.8 Å². The zero-order valence-corrected chi connectivity index (χ0v) is 48.2. The molecular formula is C79H62N2O2. The van der Waals surface area contributed by atoms with E-state index in [9.17, 15) is 0 Å². The number of para-hydroxylation sites is 4. The van der Waals surface area contributed by atoms with Gasteiger partial charge >= 0.3 is 0 Å². The summed E-state index contributed by atoms with van der Waals surface area (Å²) in [6, 6.07) is 86.3. The van der Waals surface area contributed by atoms with E-state index in [2.05, 4.69) is 296 Å². The van der Waals surface area contributed by atoms with Crippen LogP contribution >= 0.6 is 0 Å². The van der Waals surface area contributed by atoms with E-state index in [-0.39, 0.29) is 10.8 Å². The Morgan fingerprint density at radius 2 is 0.723 bits per heavy atom. The number of benzene rings is 12. The normalized spacial score (nSPS) is 13.4. The molecule has 0 bridgehead atoms. The summed E-state index contributed by atoms with van der Waals surface area (Å²) in [5.74, 6) is 0. The second-order valence-corrected chi connectivity index (χ2v) is 25.4. The molecule has 4 heteroatoms. The van der Waals surface area contributed by atoms with Crippen LogP contribution in [0.15, 0.2) is 239 Å². The van der Waals surface area contributed by atoms with Crippen molar-refractivity contribution < 1.29 is 8.83 Å². The fourth-order valence-corrected chi connectivity index (χ4v) is 14.2. The summed E-state index contributed by atoms with van der Waals surface area (Å²) in [6.45, 7) is 18.3. The molecule has 1 spiro atoms. The van der Waals surface area contributed by atoms with Gasteiger partial charge in [0.05, 0.1) is 16.8 Å². The van der Waals surface area contributed by atoms with Gasteiger partial charge in [-0.2, -0.15) is 0 Å². The summed E-state index contributed by atoms with van der Waals surface area (Å²) in [5.41, 5.74) is 24.5. The van der Waals surface area contributed by atoms with Crippen LogP contribution in [0.1, 0.15) is 86.1 Å². The van der Waals surface area contributed by atoms with E-state index in [1.165, 1.54) is 88.3 Å². The molecule has 2 aliphatic carbocycles. The molecular weight excluding hydrogens is 1010 g/mol. The van der Waals surface area contributed by atoms with Crippen LogP contribution in [0.2, 0.25) is 0 Å². The first-order chi connectivity index (χ1) is 40.2. The van der Waals surface area contributed by atoms with Crippen molar-refractivity contribution in [2.45, 2.75) is 71.6 Å². The summed E-state index contributed by atoms with van der Waals surface area (Å²) in [5, 5.41) is 9.25. The van der Waals surface area contributed by atoms with Gasteiger partial charge in [-0.3, -0.25) is 0 Å². The third-order valence-electron chi connectivity index (χ3n) is 18.3. The van der Waals surface area contributed by atoms with Crippen LogP contribution < -0.4 is 9.80 Å². The maximum atomic E-state index is 6.79. The highest BCUT2D eigenvalue weighted by Crippen LogP contribution is 2.66. The fourth-order valence-electron chi connectivity index (χ4n) is 14.2. The third-order valence-corrected chi connectivity index (χ3v) is 18.3. The van der Waals surface area contributed by atoms with Gasteiger partial charge in [-0.05, 0) is 175 Å². The standard InChI is InChI=1S/C79H62N2O2/c1-47-23-31-53(32-24-47)80(69-19-13-17-63-59-15-9-11-21-71(59)82-75(63)69)55-35-39-57-49(43-55)27-37-61-62-38-28-50-44-56(81(54-33-25-48(2)26-34-54)70-20-14-18-64-60-16-10-12-22-72(60)83-76(64)70)36-40-58(50)74(62)79(73(57)61)67-41-29-51(77(3,4)5)45-65(67)66-46-52(78(6,7)8)30-42-68(66)79/h9-46H,1-8H3. The number of nitrogens with zero attached hydrogens (tertiary/aromatic N) is 2. The van der Waals surface area contributed by atoms with Gasteiger partial charge in [0.25, 0.3) is 0 Å². The number of rotatable bonds is 6. The number of hydrogen-bond acceptors (Lipinski definition) is 4. The lowest BCUT2D eigenvalue weighted by atomic mass is 9.68. The van der Waals surface area contributed by atoms with Crippen molar-refractivity contribution in [2.75, 3.05) is 9.80 Å². The Morgan fingerprint density at radius 3 is 1.14 bits per heavy atom. The lowest BCUT2D eigenvalue weighted by Crippen LogP contribution is -2.27. The van der Waals surface area contributed by atoms with Gasteiger partial charge in [0.1, 0.15) is 11.2 Å². The zero-order valence-electron chi connectivity index (χ0n) is 48.2. The Balaban J connectivity index is 0.959. The highest BCUT2D eigenvalue weighted by atomic mass is 16.3. The van der Waals surface area contributed by atoms with Crippen molar-refractivity contribution in [2.24, 2.45) is 0 Å². The molecule has 0 aliphatic heterocycles. The van der Waals surface area contributed by atoms with Gasteiger partial charge in [-0.15, -0.1) is 0 Å². The summed E-state index contributed by atoms with van der Waals surface area (Å²) in [7, 11) is 0. The Bertz CT molecular complexity index is 4700. The lowest BCUT2D eigenvalue weighted by Gasteiger charge is -2.33. The molecule has 0 saturated heterocycles. The van der Waals surface area contributed by atoms with Crippen LogP contribution in [0.5, 0.6) is 0 Å². The zero-order chi connectivity index (χ0) is 56.3. The van der Waals surface area contributed by atoms with Crippen molar-refractivity contribution >= 4 is 99.5 Å². The van der Waals surface area contributed by atoms with E-state index in [0.717, 1.165) is 78.0 Å². The summed E-state index contributed by atoms with van der Waals surface area (Å²) in [4.78, 5) is 4.76. The van der Waals surface area contributed by atoms with Gasteiger partial charge in [-0.1, -0.05) is 210 Å². The Hall–Kier alpha value is -9.64. The van der Waals surface area contributed by atoms with E-state index in [1.807, 2.05) is 0 Å². The molecule has 83 heavy (non-hydrogen) atoms. The number of anilines is 6. The quantitative estimate of drug-likeness (QED) is 0.166. The van der Waals surface area contributed by atoms with Gasteiger partial charge in [0.2, 0.25) is 0 Å². The van der Waals surface area contributed by atoms with E-state index < -0.39 is 5.41 Å². The minimum Gasteiger partial charge on any atom is -0.454 e. The van der Waals surface area contributed by atoms with Crippen LogP contribution in [0.25, 0.3) is 87.7 Å². The topological polar surface area (TPSA) is 32.8 Å². The molecule has 0 amide bonds. The maximum absolute atomic E-state index is 6.79. The number of furan rings is 2. The minimum atomic E-state index is -0.669. The first kappa shape index (κ1) is 49.2. The summed E-state index contributed by atoms with van der Waals surface area (Å²) < 4.78 is 13.6. The van der Waals surface area contributed by atoms with E-state index in [0.29, 0.717) is 0 Å². The molecule has 0 fully saturated rings. The first-order valence-corrected chi connectivity index (χ1v) is 29.2. The number of aryl methyl sites for hydroxylation is 2. The van der Waals surface area contributed by atoms with Crippen LogP contribution in [-0.2, 0) is 16.2 Å². The summed E-state index contributed by atoms with van der Waals surface area (Å²) >= 11 is 0. The minimum absolute atomic E-state index is 0.0592. The molecule has 0 unspecified atom stereocenters. The van der Waals surface area contributed by atoms with Crippen molar-refractivity contribution in [1.82, 2.24) is 0 Å². The van der Waals surface area contributed by atoms with Gasteiger partial charge < -0.3 is 18.6 Å². The molecule has 0 N–H and O–H groups in total. The molecule has 14 aromatic rings. The second kappa shape index (κ2) is 17.7. The van der Waals surface area contributed by atoms with Gasteiger partial charge in [0.15, 0.2) is 11.2 Å². The molecule has 0 radical (unpaired) electrons. The summed E-state index contributed by atoms with van der Waals surface area (Å²) in [6.07, 6.45) is 0. The molecule has 12 aromatic carbocycles. The average Bonchev–Trinajstić information content (AvgIpc) is 1.56. The highest BCUT2D eigenvalue weighted by Gasteiger charge is 2.54. The molecule has 0 saturated carbocycles. The predicted octanol–water partition coefficient (Wildman–Crippen LogP) is 22.3. The monoisotopic (exact) mass is 1070 g/mol. The molecule has 2 aliphatic rings. The van der Waals surface area contributed by atoms with Crippen molar-refractivity contribution in [3.05, 3.63) is 275 Å². The van der Waals surface area contributed by atoms with Crippen molar-refractivity contribution in [3.8, 4) is 22.3 Å². The van der Waals surface area contributed by atoms with Crippen LogP contribution in [0.3, 0.4) is 0 Å². The average molecular weight is 1070 g/mol. The van der Waals surface area contributed by atoms with Crippen molar-refractivity contribution in [1.29, 1.82) is 0 Å². The lowest BCUT2D eigenvalue weighted by molar-refractivity contribution is 0.589. The SMILES string of the molecule is Cc1ccc(N(c2ccc3c4c(ccc3c2)-c2ccc3cc(N(c5ccc(C)cc5)c5cccc6c5oc5ccccc56)ccc3c2C42c3ccc(C(C)(C)C)cc3-c3cc(C(C)(C)C)ccc32)c2cccc3c2oc2ccccc23)cc1. The predicted molar refractivity (Wildman–Crippen MR) is 349 cm³/mol. The van der Waals surface area contributed by atoms with Gasteiger partial charge in [-0.25, -0.2) is 0 Å². The van der Waals surface area contributed by atoms with Crippen LogP contribution in [-0.4, -0.2) is 0 Å². The smallest absolute Gasteiger partial charge is 0.159 e. The third kappa shape index (κ3) is 7.24. The molecule has 0 atom stereocenters. The van der Waals surface area contributed by atoms with Crippen molar-refractivity contribution in [3.63, 3.8) is 0 Å². The fraction of sp³-hybridized carbons (Fsp3) is 0.139. The van der Waals surface area contributed by atoms with Crippen LogP contribution in [0.4, 0.5) is 34.1 Å². The maximum Gasteiger partial charge on any atom is 0.159 e. The second-order valence-electron chi connectivity index (χ2n) is 25.4. The van der Waals surface area contributed by atoms with Gasteiger partial charge in [0, 0.05) is 44.3 Å². The largest absolute Gasteiger partial charge is 0.454 e. The molecule has 4 nitrogen and oxygen atoms in total. The van der Waals surface area contributed by atoms with E-state index in [4.69, 9.17) is 8.83 Å². The Kier molecular flexibility index (Phi) is 10.5. The highest BCUT2D eigenvalue weighted by molar-refractivity contribution is 6.14. The Labute approximate surface area is 484 Å². The number of hydrogen-bond donors (Lipinski definition) is 0. The number of fused-ring (bicyclic) bond motifs is 20. The van der Waals surface area contributed by atoms with E-state index >= 15 is 0 Å². The molecule has 16 rings (SSSR count). The first-order valence-electron chi connectivity index (χ1n) is 29.2. The van der Waals surface area contributed by atoms with E-state index in [1.54, 1.807) is 0 Å². The molecule has 2 heterocycles. The molecule has 400 valence electrons. The molecule has 2 aromatic heterocycles.